The van der Waals surface area contributed by atoms with Gasteiger partial charge in [-0.1, -0.05) is 82.5 Å². The zero-order valence-electron chi connectivity index (χ0n) is 20.9. The zero-order valence-corrected chi connectivity index (χ0v) is 21.9. The van der Waals surface area contributed by atoms with Crippen molar-refractivity contribution in [3.05, 3.63) is 42.0 Å². The smallest absolute Gasteiger partial charge is 0.305 e. The average molecular weight is 459 g/mol. The average Bonchev–Trinajstić information content (AvgIpc) is 3.02. The van der Waals surface area contributed by atoms with Crippen LogP contribution in [0.2, 0.25) is 18.1 Å². The van der Waals surface area contributed by atoms with Crippen LogP contribution in [-0.2, 0) is 18.8 Å². The second-order valence-corrected chi connectivity index (χ2v) is 15.3. The lowest BCUT2D eigenvalue weighted by atomic mass is 9.88. The van der Waals surface area contributed by atoms with E-state index in [-0.39, 0.29) is 28.9 Å². The first kappa shape index (κ1) is 26.5. The molecule has 2 rings (SSSR count). The van der Waals surface area contributed by atoms with E-state index in [1.807, 2.05) is 18.2 Å². The number of hydrogen-bond donors (Lipinski definition) is 0. The van der Waals surface area contributed by atoms with Crippen molar-refractivity contribution < 1.29 is 18.8 Å². The molecule has 0 aliphatic heterocycles. The highest BCUT2D eigenvalue weighted by Crippen LogP contribution is 2.43. The quantitative estimate of drug-likeness (QED) is 0.208. The number of carbonyl (C=O) groups excluding carboxylic acids is 2. The van der Waals surface area contributed by atoms with Crippen LogP contribution in [0.4, 0.5) is 0 Å². The summed E-state index contributed by atoms with van der Waals surface area (Å²) in [5.74, 6) is 0.330. The Hall–Kier alpha value is -1.72. The fraction of sp³-hybridized carbons (Fsp3) is 0.630. The van der Waals surface area contributed by atoms with Crippen molar-refractivity contribution in [3.8, 4) is 0 Å². The molecule has 0 aromatic heterocycles. The number of hydrogen-bond acceptors (Lipinski definition) is 4. The summed E-state index contributed by atoms with van der Waals surface area (Å²) in [4.78, 5) is 24.3. The number of ketones is 1. The van der Waals surface area contributed by atoms with Crippen LogP contribution in [0.5, 0.6) is 0 Å². The third-order valence-electron chi connectivity index (χ3n) is 7.15. The fourth-order valence-electron chi connectivity index (χ4n) is 4.12. The molecule has 0 amide bonds. The van der Waals surface area contributed by atoms with Crippen LogP contribution >= 0.6 is 0 Å². The molecule has 1 aromatic carbocycles. The third-order valence-corrected chi connectivity index (χ3v) is 11.7. The molecule has 4 nitrogen and oxygen atoms in total. The Morgan fingerprint density at radius 2 is 1.75 bits per heavy atom. The Bertz CT molecular complexity index is 764. The summed E-state index contributed by atoms with van der Waals surface area (Å²) in [5.41, 5.74) is 1.15. The van der Waals surface area contributed by atoms with E-state index >= 15 is 0 Å². The van der Waals surface area contributed by atoms with Crippen LogP contribution in [0.1, 0.15) is 71.3 Å². The molecule has 5 heteroatoms. The third kappa shape index (κ3) is 7.70. The number of benzene rings is 1. The molecular formula is C27H42O4Si. The number of ether oxygens (including phenoxy) is 1. The zero-order chi connectivity index (χ0) is 23.8. The number of esters is 1. The van der Waals surface area contributed by atoms with Crippen molar-refractivity contribution in [2.24, 2.45) is 11.8 Å². The molecule has 0 heterocycles. The van der Waals surface area contributed by atoms with E-state index in [4.69, 9.17) is 9.16 Å². The first-order valence-corrected chi connectivity index (χ1v) is 15.0. The van der Waals surface area contributed by atoms with Crippen molar-refractivity contribution in [2.45, 2.75) is 90.0 Å². The molecule has 1 aromatic rings. The van der Waals surface area contributed by atoms with Gasteiger partial charge in [-0.2, -0.15) is 0 Å². The first-order chi connectivity index (χ1) is 15.0. The Morgan fingerprint density at radius 3 is 2.38 bits per heavy atom. The lowest BCUT2D eigenvalue weighted by molar-refractivity contribution is -0.140. The Morgan fingerprint density at radius 1 is 1.09 bits per heavy atom. The predicted molar refractivity (Wildman–Crippen MR) is 134 cm³/mol. The van der Waals surface area contributed by atoms with Gasteiger partial charge in [0.15, 0.2) is 8.32 Å². The van der Waals surface area contributed by atoms with E-state index in [2.05, 4.69) is 58.2 Å². The van der Waals surface area contributed by atoms with E-state index < -0.39 is 8.32 Å². The lowest BCUT2D eigenvalue weighted by Crippen LogP contribution is -2.45. The molecule has 0 saturated heterocycles. The lowest BCUT2D eigenvalue weighted by Gasteiger charge is -2.39. The van der Waals surface area contributed by atoms with Gasteiger partial charge in [-0.15, -0.1) is 0 Å². The number of unbranched alkanes of at least 4 members (excludes halogenated alkanes) is 3. The van der Waals surface area contributed by atoms with Crippen molar-refractivity contribution in [2.75, 3.05) is 7.11 Å². The monoisotopic (exact) mass is 458 g/mol. The highest BCUT2D eigenvalue weighted by Gasteiger charge is 2.46. The van der Waals surface area contributed by atoms with E-state index in [1.165, 1.54) is 7.11 Å². The summed E-state index contributed by atoms with van der Waals surface area (Å²) in [6, 6.07) is 10.3. The van der Waals surface area contributed by atoms with E-state index in [9.17, 15) is 9.59 Å². The molecule has 3 unspecified atom stereocenters. The van der Waals surface area contributed by atoms with Crippen LogP contribution < -0.4 is 0 Å². The molecule has 0 radical (unpaired) electrons. The highest BCUT2D eigenvalue weighted by molar-refractivity contribution is 6.74. The summed E-state index contributed by atoms with van der Waals surface area (Å²) in [6.07, 6.45) is 10.1. The van der Waals surface area contributed by atoms with E-state index in [0.717, 1.165) is 37.7 Å². The van der Waals surface area contributed by atoms with Crippen LogP contribution in [0, 0.1) is 11.8 Å². The summed E-state index contributed by atoms with van der Waals surface area (Å²) >= 11 is 0. The first-order valence-electron chi connectivity index (χ1n) is 12.1. The van der Waals surface area contributed by atoms with Crippen LogP contribution in [0.3, 0.4) is 0 Å². The van der Waals surface area contributed by atoms with Gasteiger partial charge in [-0.05, 0) is 36.5 Å². The molecule has 1 saturated carbocycles. The number of rotatable bonds is 11. The summed E-state index contributed by atoms with van der Waals surface area (Å²) in [5, 5.41) is 0.113. The Balaban J connectivity index is 2.06. The molecule has 1 aliphatic rings. The minimum absolute atomic E-state index is 0.0188. The summed E-state index contributed by atoms with van der Waals surface area (Å²) in [6.45, 7) is 11.3. The Labute approximate surface area is 195 Å². The van der Waals surface area contributed by atoms with Crippen molar-refractivity contribution in [1.82, 2.24) is 0 Å². The van der Waals surface area contributed by atoms with Gasteiger partial charge in [0.05, 0.1) is 13.2 Å². The fourth-order valence-corrected chi connectivity index (χ4v) is 5.47. The molecule has 3 atom stereocenters. The van der Waals surface area contributed by atoms with E-state index in [1.54, 1.807) is 0 Å². The van der Waals surface area contributed by atoms with Crippen molar-refractivity contribution in [1.29, 1.82) is 0 Å². The van der Waals surface area contributed by atoms with Gasteiger partial charge in [0.1, 0.15) is 5.78 Å². The van der Waals surface area contributed by atoms with Crippen molar-refractivity contribution >= 4 is 26.1 Å². The molecule has 0 bridgehead atoms. The van der Waals surface area contributed by atoms with Crippen LogP contribution in [0.25, 0.3) is 6.08 Å². The maximum atomic E-state index is 13.0. The minimum Gasteiger partial charge on any atom is -0.469 e. The molecule has 0 spiro atoms. The van der Waals surface area contributed by atoms with Gasteiger partial charge in [0.2, 0.25) is 0 Å². The van der Waals surface area contributed by atoms with E-state index in [0.29, 0.717) is 18.6 Å². The minimum atomic E-state index is -1.97. The van der Waals surface area contributed by atoms with Gasteiger partial charge >= 0.3 is 5.97 Å². The van der Waals surface area contributed by atoms with Gasteiger partial charge in [-0.3, -0.25) is 9.59 Å². The number of methoxy groups -OCH3 is 1. The molecule has 1 aliphatic carbocycles. The van der Waals surface area contributed by atoms with Gasteiger partial charge in [-0.25, -0.2) is 0 Å². The maximum Gasteiger partial charge on any atom is 0.305 e. The molecule has 178 valence electrons. The van der Waals surface area contributed by atoms with Crippen LogP contribution in [0.15, 0.2) is 36.4 Å². The van der Waals surface area contributed by atoms with Gasteiger partial charge in [0.25, 0.3) is 0 Å². The molecule has 0 N–H and O–H groups in total. The van der Waals surface area contributed by atoms with Gasteiger partial charge < -0.3 is 9.16 Å². The van der Waals surface area contributed by atoms with Gasteiger partial charge in [0, 0.05) is 24.7 Å². The van der Waals surface area contributed by atoms with Crippen molar-refractivity contribution in [3.63, 3.8) is 0 Å². The normalized spacial score (nSPS) is 21.9. The molecular weight excluding hydrogens is 416 g/mol. The predicted octanol–water partition coefficient (Wildman–Crippen LogP) is 6.81. The second kappa shape index (κ2) is 11.9. The summed E-state index contributed by atoms with van der Waals surface area (Å²) < 4.78 is 11.5. The standard InChI is InChI=1S/C27H42O4Si/c1-27(2,3)32(5,6)31-25-20-24(28)22(16-12-7-8-13-17-26(29)30-4)23(25)19-18-21-14-10-9-11-15-21/h9-11,14-15,18-19,22-23,25H,7-8,12-13,16-17,20H2,1-6H3/b19-18+. The SMILES string of the molecule is COC(=O)CCCCCCC1C(=O)CC(O[Si](C)(C)C(C)(C)C)C1/C=C/c1ccccc1. The topological polar surface area (TPSA) is 52.6 Å². The number of carbonyl (C=O) groups is 2. The summed E-state index contributed by atoms with van der Waals surface area (Å²) in [7, 11) is -0.542. The number of Topliss-reactive ketones (excluding diaryl/α,β-unsaturated/α-hetero) is 1. The second-order valence-electron chi connectivity index (χ2n) is 10.6. The molecule has 32 heavy (non-hydrogen) atoms. The molecule has 1 fully saturated rings. The Kier molecular flexibility index (Phi) is 9.90. The maximum absolute atomic E-state index is 13.0. The largest absolute Gasteiger partial charge is 0.469 e. The highest BCUT2D eigenvalue weighted by atomic mass is 28.4. The van der Waals surface area contributed by atoms with Crippen LogP contribution in [-0.4, -0.2) is 33.3 Å².